The molecule has 1 aromatic heterocycles. The molecule has 30 heavy (non-hydrogen) atoms. The van der Waals surface area contributed by atoms with Crippen LogP contribution in [-0.2, 0) is 11.3 Å². The third-order valence-electron chi connectivity index (χ3n) is 4.46. The lowest BCUT2D eigenvalue weighted by Gasteiger charge is -2.15. The SMILES string of the molecule is CC(C)Cn1c(SCC(=O)N[C@H](C)c2ccc(F)cc2)nnc1-c1ccccc1F. The van der Waals surface area contributed by atoms with Crippen LogP contribution in [0.1, 0.15) is 32.4 Å². The molecule has 0 aliphatic heterocycles. The van der Waals surface area contributed by atoms with Gasteiger partial charge in [-0.05, 0) is 42.7 Å². The lowest BCUT2D eigenvalue weighted by Crippen LogP contribution is -2.28. The summed E-state index contributed by atoms with van der Waals surface area (Å²) in [6.07, 6.45) is 0. The molecule has 0 fully saturated rings. The zero-order valence-corrected chi connectivity index (χ0v) is 17.9. The second-order valence-electron chi connectivity index (χ2n) is 7.42. The highest BCUT2D eigenvalue weighted by Gasteiger charge is 2.19. The molecule has 0 aliphatic carbocycles. The van der Waals surface area contributed by atoms with Gasteiger partial charge in [0.2, 0.25) is 5.91 Å². The Labute approximate surface area is 178 Å². The number of carbonyl (C=O) groups excluding carboxylic acids is 1. The zero-order valence-electron chi connectivity index (χ0n) is 17.1. The summed E-state index contributed by atoms with van der Waals surface area (Å²) in [5, 5.41) is 11.8. The van der Waals surface area contributed by atoms with Crippen molar-refractivity contribution in [3.05, 3.63) is 65.7 Å². The van der Waals surface area contributed by atoms with Crippen LogP contribution in [0.5, 0.6) is 0 Å². The van der Waals surface area contributed by atoms with E-state index in [1.165, 1.54) is 30.0 Å². The normalized spacial score (nSPS) is 12.2. The number of carbonyl (C=O) groups is 1. The van der Waals surface area contributed by atoms with Gasteiger partial charge < -0.3 is 9.88 Å². The summed E-state index contributed by atoms with van der Waals surface area (Å²) < 4.78 is 29.2. The molecule has 2 aromatic carbocycles. The highest BCUT2D eigenvalue weighted by atomic mass is 32.2. The smallest absolute Gasteiger partial charge is 0.230 e. The monoisotopic (exact) mass is 430 g/mol. The quantitative estimate of drug-likeness (QED) is 0.519. The van der Waals surface area contributed by atoms with Crippen LogP contribution in [0.25, 0.3) is 11.4 Å². The van der Waals surface area contributed by atoms with Crippen molar-refractivity contribution in [3.8, 4) is 11.4 Å². The first-order chi connectivity index (χ1) is 14.3. The lowest BCUT2D eigenvalue weighted by atomic mass is 10.1. The fourth-order valence-electron chi connectivity index (χ4n) is 3.02. The Hall–Kier alpha value is -2.74. The average molecular weight is 431 g/mol. The molecule has 1 N–H and O–H groups in total. The molecule has 0 bridgehead atoms. The number of hydrogen-bond donors (Lipinski definition) is 1. The van der Waals surface area contributed by atoms with E-state index in [2.05, 4.69) is 29.4 Å². The van der Waals surface area contributed by atoms with Crippen molar-refractivity contribution in [1.29, 1.82) is 0 Å². The van der Waals surface area contributed by atoms with E-state index in [1.807, 2.05) is 11.5 Å². The molecule has 1 amide bonds. The highest BCUT2D eigenvalue weighted by Crippen LogP contribution is 2.27. The second kappa shape index (κ2) is 9.84. The largest absolute Gasteiger partial charge is 0.349 e. The molecule has 5 nitrogen and oxygen atoms in total. The third-order valence-corrected chi connectivity index (χ3v) is 5.43. The van der Waals surface area contributed by atoms with E-state index in [4.69, 9.17) is 0 Å². The van der Waals surface area contributed by atoms with E-state index < -0.39 is 0 Å². The number of nitrogens with one attached hydrogen (secondary N) is 1. The Morgan fingerprint density at radius 3 is 2.43 bits per heavy atom. The fraction of sp³-hybridized carbons (Fsp3) is 0.318. The maximum atomic E-state index is 14.3. The summed E-state index contributed by atoms with van der Waals surface area (Å²) in [4.78, 5) is 12.4. The molecule has 0 saturated heterocycles. The van der Waals surface area contributed by atoms with Crippen LogP contribution >= 0.6 is 11.8 Å². The summed E-state index contributed by atoms with van der Waals surface area (Å²) in [6.45, 7) is 6.55. The molecule has 0 spiro atoms. The number of hydrogen-bond acceptors (Lipinski definition) is 4. The van der Waals surface area contributed by atoms with Crippen molar-refractivity contribution in [2.24, 2.45) is 5.92 Å². The number of aromatic nitrogens is 3. The lowest BCUT2D eigenvalue weighted by molar-refractivity contribution is -0.119. The molecule has 0 radical (unpaired) electrons. The van der Waals surface area contributed by atoms with Gasteiger partial charge in [0, 0.05) is 6.54 Å². The van der Waals surface area contributed by atoms with Crippen molar-refractivity contribution in [2.75, 3.05) is 5.75 Å². The molecular weight excluding hydrogens is 406 g/mol. The summed E-state index contributed by atoms with van der Waals surface area (Å²) in [7, 11) is 0. The standard InChI is InChI=1S/C22H24F2N4OS/c1-14(2)12-28-21(18-6-4-5-7-19(18)24)26-27-22(28)30-13-20(29)25-15(3)16-8-10-17(23)11-9-16/h4-11,14-15H,12-13H2,1-3H3,(H,25,29)/t15-/m1/s1. The van der Waals surface area contributed by atoms with Crippen LogP contribution in [0.2, 0.25) is 0 Å². The molecule has 0 unspecified atom stereocenters. The summed E-state index contributed by atoms with van der Waals surface area (Å²) in [5.41, 5.74) is 1.20. The van der Waals surface area contributed by atoms with Crippen LogP contribution in [0.3, 0.4) is 0 Å². The summed E-state index contributed by atoms with van der Waals surface area (Å²) >= 11 is 1.25. The minimum absolute atomic E-state index is 0.138. The van der Waals surface area contributed by atoms with Crippen LogP contribution in [0, 0.1) is 17.6 Å². The first-order valence-corrected chi connectivity index (χ1v) is 10.7. The topological polar surface area (TPSA) is 59.8 Å². The second-order valence-corrected chi connectivity index (χ2v) is 8.36. The fourth-order valence-corrected chi connectivity index (χ4v) is 3.77. The van der Waals surface area contributed by atoms with Gasteiger partial charge in [0.05, 0.1) is 17.4 Å². The summed E-state index contributed by atoms with van der Waals surface area (Å²) in [5.74, 6) is 0.0187. The molecule has 0 saturated carbocycles. The van der Waals surface area contributed by atoms with Gasteiger partial charge in [0.15, 0.2) is 11.0 Å². The zero-order chi connectivity index (χ0) is 21.7. The van der Waals surface area contributed by atoms with Gasteiger partial charge in [-0.2, -0.15) is 0 Å². The number of nitrogens with zero attached hydrogens (tertiary/aromatic N) is 3. The van der Waals surface area contributed by atoms with Crippen molar-refractivity contribution >= 4 is 17.7 Å². The van der Waals surface area contributed by atoms with Gasteiger partial charge >= 0.3 is 0 Å². The van der Waals surface area contributed by atoms with Gasteiger partial charge in [0.25, 0.3) is 0 Å². The van der Waals surface area contributed by atoms with Crippen molar-refractivity contribution < 1.29 is 13.6 Å². The Balaban J connectivity index is 1.71. The molecule has 1 atom stereocenters. The number of halogens is 2. The first kappa shape index (κ1) is 22.0. The minimum Gasteiger partial charge on any atom is -0.349 e. The van der Waals surface area contributed by atoms with Gasteiger partial charge in [-0.15, -0.1) is 10.2 Å². The Kier molecular flexibility index (Phi) is 7.20. The minimum atomic E-state index is -0.364. The Bertz CT molecular complexity index is 1000. The predicted octanol–water partition coefficient (Wildman–Crippen LogP) is 4.85. The van der Waals surface area contributed by atoms with E-state index in [0.29, 0.717) is 23.1 Å². The van der Waals surface area contributed by atoms with E-state index in [-0.39, 0.29) is 35.3 Å². The Morgan fingerprint density at radius 1 is 1.07 bits per heavy atom. The van der Waals surface area contributed by atoms with Gasteiger partial charge in [-0.25, -0.2) is 8.78 Å². The molecule has 1 heterocycles. The number of rotatable bonds is 8. The van der Waals surface area contributed by atoms with E-state index in [9.17, 15) is 13.6 Å². The highest BCUT2D eigenvalue weighted by molar-refractivity contribution is 7.99. The first-order valence-electron chi connectivity index (χ1n) is 9.71. The average Bonchev–Trinajstić information content (AvgIpc) is 3.09. The van der Waals surface area contributed by atoms with Crippen LogP contribution in [0.15, 0.2) is 53.7 Å². The Morgan fingerprint density at radius 2 is 1.77 bits per heavy atom. The third kappa shape index (κ3) is 5.44. The van der Waals surface area contributed by atoms with E-state index in [1.54, 1.807) is 30.3 Å². The molecule has 0 aliphatic rings. The van der Waals surface area contributed by atoms with Crippen LogP contribution < -0.4 is 5.32 Å². The van der Waals surface area contributed by atoms with Gasteiger partial charge in [-0.3, -0.25) is 4.79 Å². The van der Waals surface area contributed by atoms with Crippen molar-refractivity contribution in [2.45, 2.75) is 38.5 Å². The van der Waals surface area contributed by atoms with Crippen molar-refractivity contribution in [3.63, 3.8) is 0 Å². The van der Waals surface area contributed by atoms with Crippen LogP contribution in [-0.4, -0.2) is 26.4 Å². The van der Waals surface area contributed by atoms with Crippen LogP contribution in [0.4, 0.5) is 8.78 Å². The van der Waals surface area contributed by atoms with E-state index in [0.717, 1.165) is 5.56 Å². The number of benzene rings is 2. The molecule has 3 rings (SSSR count). The molecule has 3 aromatic rings. The number of amides is 1. The summed E-state index contributed by atoms with van der Waals surface area (Å²) in [6, 6.07) is 12.2. The maximum absolute atomic E-state index is 14.3. The van der Waals surface area contributed by atoms with Gasteiger partial charge in [-0.1, -0.05) is 49.9 Å². The molecular formula is C22H24F2N4OS. The van der Waals surface area contributed by atoms with E-state index >= 15 is 0 Å². The van der Waals surface area contributed by atoms with Gasteiger partial charge in [0.1, 0.15) is 11.6 Å². The molecule has 158 valence electrons. The predicted molar refractivity (Wildman–Crippen MR) is 114 cm³/mol. The molecule has 8 heteroatoms. The maximum Gasteiger partial charge on any atom is 0.230 e. The number of thioether (sulfide) groups is 1. The van der Waals surface area contributed by atoms with Crippen molar-refractivity contribution in [1.82, 2.24) is 20.1 Å².